The van der Waals surface area contributed by atoms with Crippen LogP contribution in [0, 0.1) is 0 Å². The van der Waals surface area contributed by atoms with Gasteiger partial charge in [0.25, 0.3) is 0 Å². The summed E-state index contributed by atoms with van der Waals surface area (Å²) in [5.41, 5.74) is 3.57. The van der Waals surface area contributed by atoms with Crippen molar-refractivity contribution < 1.29 is 9.53 Å². The van der Waals surface area contributed by atoms with Gasteiger partial charge in [-0.25, -0.2) is 4.79 Å². The van der Waals surface area contributed by atoms with E-state index >= 15 is 0 Å². The predicted octanol–water partition coefficient (Wildman–Crippen LogP) is 3.28. The zero-order valence-electron chi connectivity index (χ0n) is 16.4. The lowest BCUT2D eigenvalue weighted by atomic mass is 10.1. The van der Waals surface area contributed by atoms with Gasteiger partial charge in [0.05, 0.1) is 13.1 Å². The third kappa shape index (κ3) is 5.23. The number of carbonyl (C=O) groups is 1. The zero-order chi connectivity index (χ0) is 19.2. The summed E-state index contributed by atoms with van der Waals surface area (Å²) >= 11 is 0. The summed E-state index contributed by atoms with van der Waals surface area (Å²) in [5.74, 6) is 0.933. The average molecular weight is 367 g/mol. The van der Waals surface area contributed by atoms with E-state index in [4.69, 9.17) is 4.74 Å². The van der Waals surface area contributed by atoms with Crippen LogP contribution in [0.3, 0.4) is 0 Å². The van der Waals surface area contributed by atoms with Crippen LogP contribution in [0.15, 0.2) is 48.5 Å². The lowest BCUT2D eigenvalue weighted by Crippen LogP contribution is -2.58. The number of hydrogen-bond acceptors (Lipinski definition) is 3. The number of carbonyl (C=O) groups excluding carboxylic acids is 1. The second kappa shape index (κ2) is 8.91. The third-order valence-electron chi connectivity index (χ3n) is 4.72. The van der Waals surface area contributed by atoms with E-state index in [9.17, 15) is 4.79 Å². The van der Waals surface area contributed by atoms with E-state index in [1.165, 1.54) is 11.1 Å². The van der Waals surface area contributed by atoms with Gasteiger partial charge in [0.15, 0.2) is 0 Å². The zero-order valence-corrected chi connectivity index (χ0v) is 16.4. The first-order valence-corrected chi connectivity index (χ1v) is 9.55. The Morgan fingerprint density at radius 3 is 2.63 bits per heavy atom. The lowest BCUT2D eigenvalue weighted by molar-refractivity contribution is 0.0437. The Kier molecular flexibility index (Phi) is 6.35. The molecule has 27 heavy (non-hydrogen) atoms. The van der Waals surface area contributed by atoms with Crippen molar-refractivity contribution >= 4 is 6.03 Å². The molecule has 1 saturated heterocycles. The number of amides is 2. The summed E-state index contributed by atoms with van der Waals surface area (Å²) in [4.78, 5) is 16.3. The van der Waals surface area contributed by atoms with Crippen molar-refractivity contribution in [1.82, 2.24) is 15.1 Å². The molecule has 0 saturated carbocycles. The quantitative estimate of drug-likeness (QED) is 0.817. The topological polar surface area (TPSA) is 44.8 Å². The first-order chi connectivity index (χ1) is 13.0. The number of urea groups is 1. The van der Waals surface area contributed by atoms with E-state index in [1.54, 1.807) is 4.90 Å². The third-order valence-corrected chi connectivity index (χ3v) is 4.72. The summed E-state index contributed by atoms with van der Waals surface area (Å²) in [6.07, 6.45) is 1.02. The van der Waals surface area contributed by atoms with E-state index in [1.807, 2.05) is 30.3 Å². The fraction of sp³-hybridized carbons (Fsp3) is 0.409. The van der Waals surface area contributed by atoms with Crippen molar-refractivity contribution in [3.63, 3.8) is 0 Å². The molecule has 0 radical (unpaired) electrons. The molecule has 1 fully saturated rings. The van der Waals surface area contributed by atoms with Gasteiger partial charge in [0.1, 0.15) is 11.9 Å². The molecule has 5 heteroatoms. The van der Waals surface area contributed by atoms with Crippen molar-refractivity contribution in [2.24, 2.45) is 0 Å². The van der Waals surface area contributed by atoms with E-state index in [-0.39, 0.29) is 12.1 Å². The number of rotatable bonds is 7. The molecule has 0 bridgehead atoms. The molecule has 0 atom stereocenters. The Bertz CT molecular complexity index is 770. The molecule has 1 heterocycles. The van der Waals surface area contributed by atoms with E-state index in [2.05, 4.69) is 49.4 Å². The minimum atomic E-state index is -0.0309. The molecule has 2 amide bonds. The Balaban J connectivity index is 1.44. The fourth-order valence-corrected chi connectivity index (χ4v) is 3.26. The molecule has 0 aliphatic carbocycles. The van der Waals surface area contributed by atoms with Crippen molar-refractivity contribution in [3.05, 3.63) is 65.2 Å². The highest BCUT2D eigenvalue weighted by Gasteiger charge is 2.32. The van der Waals surface area contributed by atoms with Crippen molar-refractivity contribution in [1.29, 1.82) is 0 Å². The standard InChI is InChI=1S/C22H29N3O2/c1-4-19-10-5-6-11-21(19)27-20-15-25(16-20)22(26)23-13-17-8-7-9-18(12-17)14-24(2)3/h5-12,20H,4,13-16H2,1-3H3,(H,23,26). The van der Waals surface area contributed by atoms with Crippen molar-refractivity contribution in [3.8, 4) is 5.75 Å². The maximum atomic E-state index is 12.3. The molecule has 2 aromatic rings. The summed E-state index contributed by atoms with van der Waals surface area (Å²) in [6, 6.07) is 16.4. The molecule has 5 nitrogen and oxygen atoms in total. The van der Waals surface area contributed by atoms with Gasteiger partial charge in [-0.2, -0.15) is 0 Å². The highest BCUT2D eigenvalue weighted by atomic mass is 16.5. The second-order valence-electron chi connectivity index (χ2n) is 7.32. The van der Waals surface area contributed by atoms with Gasteiger partial charge >= 0.3 is 6.03 Å². The minimum Gasteiger partial charge on any atom is -0.486 e. The van der Waals surface area contributed by atoms with Crippen molar-refractivity contribution in [2.75, 3.05) is 27.2 Å². The molecular formula is C22H29N3O2. The highest BCUT2D eigenvalue weighted by Crippen LogP contribution is 2.23. The predicted molar refractivity (Wildman–Crippen MR) is 108 cm³/mol. The summed E-state index contributed by atoms with van der Waals surface area (Å²) in [5, 5.41) is 3.01. The molecule has 0 spiro atoms. The van der Waals surface area contributed by atoms with Crippen LogP contribution < -0.4 is 10.1 Å². The van der Waals surface area contributed by atoms with Gasteiger partial charge in [-0.1, -0.05) is 49.4 Å². The molecular weight excluding hydrogens is 338 g/mol. The van der Waals surface area contributed by atoms with E-state index in [0.717, 1.165) is 24.3 Å². The van der Waals surface area contributed by atoms with Crippen LogP contribution in [0.1, 0.15) is 23.6 Å². The SMILES string of the molecule is CCc1ccccc1OC1CN(C(=O)NCc2cccc(CN(C)C)c2)C1. The lowest BCUT2D eigenvalue weighted by Gasteiger charge is -2.39. The number of aryl methyl sites for hydroxylation is 1. The van der Waals surface area contributed by atoms with Crippen LogP contribution >= 0.6 is 0 Å². The first kappa shape index (κ1) is 19.2. The maximum absolute atomic E-state index is 12.3. The Morgan fingerprint density at radius 1 is 1.15 bits per heavy atom. The molecule has 1 N–H and O–H groups in total. The van der Waals surface area contributed by atoms with Crippen LogP contribution in [0.5, 0.6) is 5.75 Å². The minimum absolute atomic E-state index is 0.0309. The molecule has 1 aliphatic rings. The summed E-state index contributed by atoms with van der Waals surface area (Å²) in [6.45, 7) is 4.82. The summed E-state index contributed by atoms with van der Waals surface area (Å²) < 4.78 is 6.04. The fourth-order valence-electron chi connectivity index (χ4n) is 3.26. The molecule has 0 unspecified atom stereocenters. The van der Waals surface area contributed by atoms with Gasteiger partial charge in [-0.15, -0.1) is 0 Å². The van der Waals surface area contributed by atoms with Crippen LogP contribution in [0.25, 0.3) is 0 Å². The van der Waals surface area contributed by atoms with Crippen LogP contribution in [-0.4, -0.2) is 49.1 Å². The van der Waals surface area contributed by atoms with E-state index < -0.39 is 0 Å². The second-order valence-corrected chi connectivity index (χ2v) is 7.32. The average Bonchev–Trinajstić information content (AvgIpc) is 2.62. The summed E-state index contributed by atoms with van der Waals surface area (Å²) in [7, 11) is 4.10. The van der Waals surface area contributed by atoms with Crippen LogP contribution in [-0.2, 0) is 19.5 Å². The molecule has 2 aromatic carbocycles. The van der Waals surface area contributed by atoms with Crippen LogP contribution in [0.4, 0.5) is 4.79 Å². The monoisotopic (exact) mass is 367 g/mol. The first-order valence-electron chi connectivity index (χ1n) is 9.55. The Labute approximate surface area is 161 Å². The number of nitrogens with zero attached hydrogens (tertiary/aromatic N) is 2. The molecule has 3 rings (SSSR count). The van der Waals surface area contributed by atoms with E-state index in [0.29, 0.717) is 19.6 Å². The number of benzene rings is 2. The largest absolute Gasteiger partial charge is 0.486 e. The van der Waals surface area contributed by atoms with Crippen molar-refractivity contribution in [2.45, 2.75) is 32.5 Å². The number of hydrogen-bond donors (Lipinski definition) is 1. The smallest absolute Gasteiger partial charge is 0.317 e. The Morgan fingerprint density at radius 2 is 1.89 bits per heavy atom. The number of likely N-dealkylation sites (tertiary alicyclic amines) is 1. The Hall–Kier alpha value is -2.53. The van der Waals surface area contributed by atoms with Gasteiger partial charge in [-0.3, -0.25) is 0 Å². The van der Waals surface area contributed by atoms with Crippen LogP contribution in [0.2, 0.25) is 0 Å². The number of ether oxygens (including phenoxy) is 1. The highest BCUT2D eigenvalue weighted by molar-refractivity contribution is 5.75. The normalized spacial score (nSPS) is 14.1. The molecule has 1 aliphatic heterocycles. The van der Waals surface area contributed by atoms with Gasteiger partial charge in [-0.05, 0) is 43.3 Å². The number of para-hydroxylation sites is 1. The van der Waals surface area contributed by atoms with Gasteiger partial charge in [0, 0.05) is 13.1 Å². The van der Waals surface area contributed by atoms with Gasteiger partial charge < -0.3 is 19.9 Å². The maximum Gasteiger partial charge on any atom is 0.317 e. The number of nitrogens with one attached hydrogen (secondary N) is 1. The van der Waals surface area contributed by atoms with Gasteiger partial charge in [0.2, 0.25) is 0 Å². The molecule has 0 aromatic heterocycles. The molecule has 144 valence electrons.